The van der Waals surface area contributed by atoms with E-state index in [9.17, 15) is 9.59 Å². The molecule has 0 aromatic carbocycles. The first-order valence-electron chi connectivity index (χ1n) is 4.20. The van der Waals surface area contributed by atoms with Crippen LogP contribution in [0.25, 0.3) is 0 Å². The summed E-state index contributed by atoms with van der Waals surface area (Å²) < 4.78 is 9.51. The van der Waals surface area contributed by atoms with Crippen LogP contribution in [0, 0.1) is 0 Å². The van der Waals surface area contributed by atoms with Gasteiger partial charge in [-0.3, -0.25) is 4.90 Å². The molecule has 1 fully saturated rings. The third-order valence-corrected chi connectivity index (χ3v) is 2.32. The van der Waals surface area contributed by atoms with Crippen molar-refractivity contribution >= 4 is 12.1 Å². The quantitative estimate of drug-likeness (QED) is 0.635. The molecule has 6 heteroatoms. The van der Waals surface area contributed by atoms with Gasteiger partial charge in [0, 0.05) is 13.5 Å². The van der Waals surface area contributed by atoms with Crippen molar-refractivity contribution in [1.29, 1.82) is 0 Å². The summed E-state index contributed by atoms with van der Waals surface area (Å²) in [5.74, 6) is -0.535. The van der Waals surface area contributed by atoms with E-state index in [1.165, 1.54) is 14.2 Å². The molecule has 0 aliphatic carbocycles. The Bertz CT molecular complexity index is 242. The maximum absolute atomic E-state index is 11.2. The summed E-state index contributed by atoms with van der Waals surface area (Å²) in [5, 5.41) is 8.80. The van der Waals surface area contributed by atoms with Crippen LogP contribution in [0.1, 0.15) is 6.42 Å². The van der Waals surface area contributed by atoms with Gasteiger partial charge in [0.25, 0.3) is 0 Å². The number of hydrogen-bond acceptors (Lipinski definition) is 4. The molecule has 1 rings (SSSR count). The Morgan fingerprint density at radius 2 is 2.07 bits per heavy atom. The van der Waals surface area contributed by atoms with Crippen molar-refractivity contribution in [3.63, 3.8) is 0 Å². The zero-order valence-corrected chi connectivity index (χ0v) is 8.10. The second kappa shape index (κ2) is 4.28. The van der Waals surface area contributed by atoms with Gasteiger partial charge in [-0.1, -0.05) is 0 Å². The molecule has 1 saturated heterocycles. The van der Waals surface area contributed by atoms with Gasteiger partial charge in [0.15, 0.2) is 0 Å². The molecule has 0 bridgehead atoms. The molecule has 80 valence electrons. The Morgan fingerprint density at radius 1 is 1.43 bits per heavy atom. The van der Waals surface area contributed by atoms with E-state index in [2.05, 4.69) is 4.74 Å². The van der Waals surface area contributed by atoms with Crippen LogP contribution in [0.4, 0.5) is 4.79 Å². The van der Waals surface area contributed by atoms with Crippen LogP contribution in [0.2, 0.25) is 0 Å². The van der Waals surface area contributed by atoms with E-state index in [0.717, 1.165) is 4.90 Å². The smallest absolute Gasteiger partial charge is 0.408 e. The lowest BCUT2D eigenvalue weighted by molar-refractivity contribution is -0.145. The Labute approximate surface area is 81.4 Å². The minimum Gasteiger partial charge on any atom is -0.467 e. The molecule has 0 unspecified atom stereocenters. The Balaban J connectivity index is 2.71. The highest BCUT2D eigenvalue weighted by Crippen LogP contribution is 2.20. The maximum atomic E-state index is 11.2. The molecule has 0 aromatic rings. The fourth-order valence-electron chi connectivity index (χ4n) is 1.54. The summed E-state index contributed by atoms with van der Waals surface area (Å²) in [4.78, 5) is 23.0. The SMILES string of the molecule is COC(=O)[C@@H]1C[C@H](OC)CN1C(=O)O. The number of amides is 1. The molecule has 6 nitrogen and oxygen atoms in total. The number of carbonyl (C=O) groups is 2. The summed E-state index contributed by atoms with van der Waals surface area (Å²) in [6.07, 6.45) is -0.995. The third kappa shape index (κ3) is 1.95. The van der Waals surface area contributed by atoms with Gasteiger partial charge in [0.2, 0.25) is 0 Å². The van der Waals surface area contributed by atoms with Gasteiger partial charge in [-0.2, -0.15) is 0 Å². The van der Waals surface area contributed by atoms with Gasteiger partial charge in [0.1, 0.15) is 6.04 Å². The number of likely N-dealkylation sites (tertiary alicyclic amines) is 1. The van der Waals surface area contributed by atoms with Gasteiger partial charge < -0.3 is 14.6 Å². The predicted octanol–water partition coefficient (Wildman–Crippen LogP) is -0.0733. The van der Waals surface area contributed by atoms with Gasteiger partial charge in [-0.25, -0.2) is 9.59 Å². The minimum absolute atomic E-state index is 0.214. The van der Waals surface area contributed by atoms with Crippen LogP contribution in [-0.4, -0.2) is 55.0 Å². The highest BCUT2D eigenvalue weighted by atomic mass is 16.5. The van der Waals surface area contributed by atoms with Crippen LogP contribution < -0.4 is 0 Å². The van der Waals surface area contributed by atoms with E-state index < -0.39 is 18.1 Å². The topological polar surface area (TPSA) is 76.1 Å². The molecule has 0 aromatic heterocycles. The van der Waals surface area contributed by atoms with Gasteiger partial charge in [-0.05, 0) is 0 Å². The monoisotopic (exact) mass is 203 g/mol. The third-order valence-electron chi connectivity index (χ3n) is 2.32. The number of ether oxygens (including phenoxy) is 2. The summed E-state index contributed by atoms with van der Waals surface area (Å²) in [6.45, 7) is 0.214. The highest BCUT2D eigenvalue weighted by molar-refractivity contribution is 5.81. The molecular formula is C8H13NO5. The summed E-state index contributed by atoms with van der Waals surface area (Å²) >= 11 is 0. The first kappa shape index (κ1) is 10.8. The van der Waals surface area contributed by atoms with Crippen LogP contribution in [0.3, 0.4) is 0 Å². The van der Waals surface area contributed by atoms with Crippen molar-refractivity contribution < 1.29 is 24.2 Å². The Morgan fingerprint density at radius 3 is 2.50 bits per heavy atom. The second-order valence-electron chi connectivity index (χ2n) is 3.07. The second-order valence-corrected chi connectivity index (χ2v) is 3.07. The average molecular weight is 203 g/mol. The van der Waals surface area contributed by atoms with Crippen LogP contribution in [-0.2, 0) is 14.3 Å². The minimum atomic E-state index is -1.13. The van der Waals surface area contributed by atoms with Crippen molar-refractivity contribution in [3.05, 3.63) is 0 Å². The number of esters is 1. The highest BCUT2D eigenvalue weighted by Gasteiger charge is 2.40. The van der Waals surface area contributed by atoms with E-state index in [1.807, 2.05) is 0 Å². The van der Waals surface area contributed by atoms with E-state index in [-0.39, 0.29) is 12.6 Å². The van der Waals surface area contributed by atoms with Crippen molar-refractivity contribution in [3.8, 4) is 0 Å². The molecule has 2 atom stereocenters. The van der Waals surface area contributed by atoms with E-state index in [4.69, 9.17) is 9.84 Å². The van der Waals surface area contributed by atoms with Crippen LogP contribution in [0.5, 0.6) is 0 Å². The number of methoxy groups -OCH3 is 2. The Kier molecular flexibility index (Phi) is 3.29. The summed E-state index contributed by atoms with van der Waals surface area (Å²) in [5.41, 5.74) is 0. The van der Waals surface area contributed by atoms with Crippen LogP contribution in [0.15, 0.2) is 0 Å². The molecule has 1 heterocycles. The summed E-state index contributed by atoms with van der Waals surface area (Å²) in [6, 6.07) is -0.734. The lowest BCUT2D eigenvalue weighted by Crippen LogP contribution is -2.40. The van der Waals surface area contributed by atoms with E-state index >= 15 is 0 Å². The van der Waals surface area contributed by atoms with Gasteiger partial charge in [-0.15, -0.1) is 0 Å². The van der Waals surface area contributed by atoms with Crippen LogP contribution >= 0.6 is 0 Å². The van der Waals surface area contributed by atoms with Crippen molar-refractivity contribution in [1.82, 2.24) is 4.90 Å². The molecule has 1 amide bonds. The largest absolute Gasteiger partial charge is 0.467 e. The lowest BCUT2D eigenvalue weighted by atomic mass is 10.2. The lowest BCUT2D eigenvalue weighted by Gasteiger charge is -2.18. The fourth-order valence-corrected chi connectivity index (χ4v) is 1.54. The number of hydrogen-bond donors (Lipinski definition) is 1. The first-order chi connectivity index (χ1) is 6.60. The predicted molar refractivity (Wildman–Crippen MR) is 45.9 cm³/mol. The first-order valence-corrected chi connectivity index (χ1v) is 4.20. The van der Waals surface area contributed by atoms with E-state index in [0.29, 0.717) is 6.42 Å². The van der Waals surface area contributed by atoms with Crippen molar-refractivity contribution in [2.45, 2.75) is 18.6 Å². The molecular weight excluding hydrogens is 190 g/mol. The number of nitrogens with zero attached hydrogens (tertiary/aromatic N) is 1. The molecule has 1 N–H and O–H groups in total. The zero-order chi connectivity index (χ0) is 10.7. The molecule has 1 aliphatic rings. The summed E-state index contributed by atoms with van der Waals surface area (Å²) in [7, 11) is 2.73. The number of carbonyl (C=O) groups excluding carboxylic acids is 1. The van der Waals surface area contributed by atoms with Gasteiger partial charge >= 0.3 is 12.1 Å². The number of rotatable bonds is 2. The van der Waals surface area contributed by atoms with E-state index in [1.54, 1.807) is 0 Å². The maximum Gasteiger partial charge on any atom is 0.408 e. The molecule has 0 radical (unpaired) electrons. The Hall–Kier alpha value is -1.30. The van der Waals surface area contributed by atoms with Crippen molar-refractivity contribution in [2.75, 3.05) is 20.8 Å². The van der Waals surface area contributed by atoms with Gasteiger partial charge in [0.05, 0.1) is 19.8 Å². The molecule has 1 aliphatic heterocycles. The molecule has 0 spiro atoms. The normalized spacial score (nSPS) is 26.3. The molecule has 0 saturated carbocycles. The number of carboxylic acid groups (broad SMARTS) is 1. The molecule has 14 heavy (non-hydrogen) atoms. The standard InChI is InChI=1S/C8H13NO5/c1-13-5-3-6(7(10)14-2)9(4-5)8(11)12/h5-6H,3-4H2,1-2H3,(H,11,12)/t5-,6-/m0/s1. The van der Waals surface area contributed by atoms with Crippen molar-refractivity contribution in [2.24, 2.45) is 0 Å². The average Bonchev–Trinajstić information content (AvgIpc) is 2.60. The zero-order valence-electron chi connectivity index (χ0n) is 8.10. The fraction of sp³-hybridized carbons (Fsp3) is 0.750.